The number of nitrogens with zero attached hydrogens (tertiary/aromatic N) is 2. The van der Waals surface area contributed by atoms with Crippen molar-refractivity contribution in [3.63, 3.8) is 0 Å². The standard InChI is InChI=1S/C10H17N3S/c1-4-8-7(3)12-9(6-14-5-2)13-10(8)11/h4-6H2,1-3H3,(H2,11,12,13). The largest absolute Gasteiger partial charge is 0.383 e. The fourth-order valence-electron chi connectivity index (χ4n) is 1.37. The van der Waals surface area contributed by atoms with Crippen LogP contribution in [-0.2, 0) is 12.2 Å². The van der Waals surface area contributed by atoms with Gasteiger partial charge in [0, 0.05) is 11.3 Å². The van der Waals surface area contributed by atoms with Crippen molar-refractivity contribution in [2.45, 2.75) is 32.9 Å². The van der Waals surface area contributed by atoms with Crippen molar-refractivity contribution in [3.8, 4) is 0 Å². The van der Waals surface area contributed by atoms with E-state index in [-0.39, 0.29) is 0 Å². The van der Waals surface area contributed by atoms with Crippen molar-refractivity contribution in [1.82, 2.24) is 9.97 Å². The van der Waals surface area contributed by atoms with Crippen molar-refractivity contribution < 1.29 is 0 Å². The van der Waals surface area contributed by atoms with Gasteiger partial charge >= 0.3 is 0 Å². The maximum Gasteiger partial charge on any atom is 0.140 e. The van der Waals surface area contributed by atoms with E-state index in [2.05, 4.69) is 23.8 Å². The maximum atomic E-state index is 5.84. The van der Waals surface area contributed by atoms with Crippen LogP contribution in [-0.4, -0.2) is 15.7 Å². The molecule has 0 fully saturated rings. The molecular formula is C10H17N3S. The molecule has 0 saturated heterocycles. The molecule has 3 nitrogen and oxygen atoms in total. The molecule has 0 aliphatic rings. The molecule has 0 atom stereocenters. The summed E-state index contributed by atoms with van der Waals surface area (Å²) >= 11 is 1.81. The summed E-state index contributed by atoms with van der Waals surface area (Å²) in [6.07, 6.45) is 0.902. The van der Waals surface area contributed by atoms with Crippen LogP contribution in [0.3, 0.4) is 0 Å². The molecule has 1 aromatic rings. The van der Waals surface area contributed by atoms with Gasteiger partial charge in [-0.2, -0.15) is 11.8 Å². The number of hydrogen-bond acceptors (Lipinski definition) is 4. The number of rotatable bonds is 4. The van der Waals surface area contributed by atoms with E-state index >= 15 is 0 Å². The Hall–Kier alpha value is -0.770. The van der Waals surface area contributed by atoms with Gasteiger partial charge in [0.2, 0.25) is 0 Å². The van der Waals surface area contributed by atoms with Gasteiger partial charge in [0.1, 0.15) is 11.6 Å². The van der Waals surface area contributed by atoms with Crippen LogP contribution in [0.5, 0.6) is 0 Å². The molecule has 1 aromatic heterocycles. The van der Waals surface area contributed by atoms with Crippen LogP contribution in [0.4, 0.5) is 5.82 Å². The molecule has 0 aromatic carbocycles. The van der Waals surface area contributed by atoms with Gasteiger partial charge in [-0.05, 0) is 19.1 Å². The van der Waals surface area contributed by atoms with E-state index in [9.17, 15) is 0 Å². The Morgan fingerprint density at radius 2 is 2.00 bits per heavy atom. The fraction of sp³-hybridized carbons (Fsp3) is 0.600. The van der Waals surface area contributed by atoms with Gasteiger partial charge in [-0.1, -0.05) is 13.8 Å². The van der Waals surface area contributed by atoms with Crippen molar-refractivity contribution in [2.24, 2.45) is 0 Å². The van der Waals surface area contributed by atoms with Crippen molar-refractivity contribution >= 4 is 17.6 Å². The highest BCUT2D eigenvalue weighted by molar-refractivity contribution is 7.98. The first kappa shape index (κ1) is 11.3. The average molecular weight is 211 g/mol. The monoisotopic (exact) mass is 211 g/mol. The first-order valence-corrected chi connectivity index (χ1v) is 6.04. The highest BCUT2D eigenvalue weighted by Crippen LogP contribution is 2.16. The Kier molecular flexibility index (Phi) is 4.20. The second-order valence-corrected chi connectivity index (χ2v) is 4.35. The quantitative estimate of drug-likeness (QED) is 0.829. The Balaban J connectivity index is 2.90. The van der Waals surface area contributed by atoms with E-state index in [0.29, 0.717) is 5.82 Å². The lowest BCUT2D eigenvalue weighted by molar-refractivity contribution is 0.947. The van der Waals surface area contributed by atoms with Crippen LogP contribution >= 0.6 is 11.8 Å². The third-order valence-electron chi connectivity index (χ3n) is 2.08. The molecule has 0 unspecified atom stereocenters. The second-order valence-electron chi connectivity index (χ2n) is 3.08. The Morgan fingerprint density at radius 3 is 2.50 bits per heavy atom. The minimum Gasteiger partial charge on any atom is -0.383 e. The van der Waals surface area contributed by atoms with Crippen molar-refractivity contribution in [3.05, 3.63) is 17.1 Å². The number of nitrogens with two attached hydrogens (primary N) is 1. The molecule has 0 spiro atoms. The molecule has 0 aliphatic heterocycles. The van der Waals surface area contributed by atoms with Crippen LogP contribution < -0.4 is 5.73 Å². The summed E-state index contributed by atoms with van der Waals surface area (Å²) in [5.74, 6) is 3.43. The summed E-state index contributed by atoms with van der Waals surface area (Å²) in [4.78, 5) is 8.72. The number of nitrogen functional groups attached to an aromatic ring is 1. The van der Waals surface area contributed by atoms with Gasteiger partial charge in [-0.25, -0.2) is 9.97 Å². The van der Waals surface area contributed by atoms with Crippen molar-refractivity contribution in [2.75, 3.05) is 11.5 Å². The molecule has 78 valence electrons. The van der Waals surface area contributed by atoms with Gasteiger partial charge in [0.15, 0.2) is 0 Å². The molecule has 4 heteroatoms. The summed E-state index contributed by atoms with van der Waals surface area (Å²) in [5.41, 5.74) is 7.94. The second kappa shape index (κ2) is 5.20. The zero-order valence-electron chi connectivity index (χ0n) is 9.00. The smallest absolute Gasteiger partial charge is 0.140 e. The fourth-order valence-corrected chi connectivity index (χ4v) is 1.89. The molecule has 1 heterocycles. The zero-order chi connectivity index (χ0) is 10.6. The lowest BCUT2D eigenvalue weighted by Crippen LogP contribution is -2.06. The van der Waals surface area contributed by atoms with Crippen LogP contribution in [0.15, 0.2) is 0 Å². The SMILES string of the molecule is CCSCc1nc(C)c(CC)c(N)n1. The predicted molar refractivity (Wildman–Crippen MR) is 62.4 cm³/mol. The minimum atomic E-state index is 0.645. The minimum absolute atomic E-state index is 0.645. The van der Waals surface area contributed by atoms with E-state index in [1.165, 1.54) is 0 Å². The van der Waals surface area contributed by atoms with Gasteiger partial charge in [0.05, 0.1) is 5.75 Å². The van der Waals surface area contributed by atoms with Gasteiger partial charge < -0.3 is 5.73 Å². The number of anilines is 1. The molecule has 0 bridgehead atoms. The average Bonchev–Trinajstić information content (AvgIpc) is 2.14. The summed E-state index contributed by atoms with van der Waals surface area (Å²) < 4.78 is 0. The van der Waals surface area contributed by atoms with Crippen molar-refractivity contribution in [1.29, 1.82) is 0 Å². The third-order valence-corrected chi connectivity index (χ3v) is 2.95. The summed E-state index contributed by atoms with van der Waals surface area (Å²) in [6.45, 7) is 6.20. The normalized spacial score (nSPS) is 10.5. The Labute approximate surface area is 89.5 Å². The Bertz CT molecular complexity index is 289. The molecule has 0 radical (unpaired) electrons. The lowest BCUT2D eigenvalue weighted by Gasteiger charge is -2.07. The molecule has 14 heavy (non-hydrogen) atoms. The van der Waals surface area contributed by atoms with E-state index in [1.807, 2.05) is 18.7 Å². The third kappa shape index (κ3) is 2.61. The van der Waals surface area contributed by atoms with Gasteiger partial charge in [-0.3, -0.25) is 0 Å². The number of hydrogen-bond donors (Lipinski definition) is 1. The highest BCUT2D eigenvalue weighted by atomic mass is 32.2. The lowest BCUT2D eigenvalue weighted by atomic mass is 10.2. The number of aryl methyl sites for hydroxylation is 1. The van der Waals surface area contributed by atoms with E-state index in [1.54, 1.807) is 0 Å². The van der Waals surface area contributed by atoms with Gasteiger partial charge in [-0.15, -0.1) is 0 Å². The summed E-state index contributed by atoms with van der Waals surface area (Å²) in [7, 11) is 0. The molecule has 1 rings (SSSR count). The molecule has 0 amide bonds. The first-order chi connectivity index (χ1) is 6.69. The summed E-state index contributed by atoms with van der Waals surface area (Å²) in [6, 6.07) is 0. The van der Waals surface area contributed by atoms with Crippen LogP contribution in [0.25, 0.3) is 0 Å². The molecule has 0 aliphatic carbocycles. The molecular weight excluding hydrogens is 194 g/mol. The first-order valence-electron chi connectivity index (χ1n) is 4.88. The number of aromatic nitrogens is 2. The van der Waals surface area contributed by atoms with E-state index in [0.717, 1.165) is 35.0 Å². The topological polar surface area (TPSA) is 51.8 Å². The highest BCUT2D eigenvalue weighted by Gasteiger charge is 2.06. The molecule has 0 saturated carbocycles. The summed E-state index contributed by atoms with van der Waals surface area (Å²) in [5, 5.41) is 0. The predicted octanol–water partition coefficient (Wildman–Crippen LogP) is 2.18. The van der Waals surface area contributed by atoms with Gasteiger partial charge in [0.25, 0.3) is 0 Å². The molecule has 2 N–H and O–H groups in total. The maximum absolute atomic E-state index is 5.84. The van der Waals surface area contributed by atoms with E-state index in [4.69, 9.17) is 5.73 Å². The van der Waals surface area contributed by atoms with E-state index < -0.39 is 0 Å². The number of thioether (sulfide) groups is 1. The Morgan fingerprint density at radius 1 is 1.29 bits per heavy atom. The zero-order valence-corrected chi connectivity index (χ0v) is 9.82. The van der Waals surface area contributed by atoms with Crippen LogP contribution in [0.1, 0.15) is 30.9 Å². The van der Waals surface area contributed by atoms with Crippen LogP contribution in [0.2, 0.25) is 0 Å². The van der Waals surface area contributed by atoms with Crippen LogP contribution in [0, 0.1) is 6.92 Å².